The molecule has 2 nitrogen and oxygen atoms in total. The highest BCUT2D eigenvalue weighted by Crippen LogP contribution is 2.33. The molecule has 0 unspecified atom stereocenters. The monoisotopic (exact) mass is 742 g/mol. The molecular formula is C47H36F6N2. The standard InChI is InChI=1S/C47H36F6N2/c1-55-47-22-17-35(28-46(47)53)40-21-16-34(27-45(40)52)38-19-12-31(24-43(38)50)10-8-6-4-2-3-5-7-9-30-11-18-37(42(49)23-30)33-15-20-39(44(51)26-33)32-13-14-36(29-54)41(48)25-32/h11-28H,2-10H2. The van der Waals surface area contributed by atoms with Crippen LogP contribution in [0.2, 0.25) is 0 Å². The minimum Gasteiger partial charge on any atom is -0.235 e. The summed E-state index contributed by atoms with van der Waals surface area (Å²) in [5.74, 6) is -3.56. The number of halogens is 6. The fraction of sp³-hybridized carbons (Fsp3) is 0.191. The Morgan fingerprint density at radius 2 is 0.782 bits per heavy atom. The van der Waals surface area contributed by atoms with E-state index >= 15 is 8.78 Å². The van der Waals surface area contributed by atoms with Crippen molar-refractivity contribution in [2.24, 2.45) is 0 Å². The molecule has 0 saturated carbocycles. The van der Waals surface area contributed by atoms with Crippen LogP contribution in [0.15, 0.2) is 109 Å². The van der Waals surface area contributed by atoms with E-state index in [1.54, 1.807) is 30.3 Å². The van der Waals surface area contributed by atoms with Crippen molar-refractivity contribution in [3.05, 3.63) is 172 Å². The molecule has 276 valence electrons. The highest BCUT2D eigenvalue weighted by atomic mass is 19.1. The summed E-state index contributed by atoms with van der Waals surface area (Å²) in [6, 6.07) is 28.2. The second kappa shape index (κ2) is 17.8. The quantitative estimate of drug-likeness (QED) is 0.0620. The lowest BCUT2D eigenvalue weighted by molar-refractivity contribution is 0.576. The van der Waals surface area contributed by atoms with E-state index in [1.165, 1.54) is 60.7 Å². The molecule has 0 bridgehead atoms. The van der Waals surface area contributed by atoms with Crippen LogP contribution >= 0.6 is 0 Å². The smallest absolute Gasteiger partial charge is 0.222 e. The van der Waals surface area contributed by atoms with Crippen molar-refractivity contribution >= 4 is 5.69 Å². The molecule has 8 heteroatoms. The number of unbranched alkanes of at least 4 members (excludes halogenated alkanes) is 6. The van der Waals surface area contributed by atoms with Crippen molar-refractivity contribution < 1.29 is 26.3 Å². The van der Waals surface area contributed by atoms with Crippen molar-refractivity contribution in [1.82, 2.24) is 0 Å². The Morgan fingerprint density at radius 1 is 0.418 bits per heavy atom. The Bertz CT molecular complexity index is 2250. The molecule has 0 aliphatic rings. The number of aryl methyl sites for hydroxylation is 2. The summed E-state index contributed by atoms with van der Waals surface area (Å²) in [5.41, 5.74) is 3.71. The van der Waals surface area contributed by atoms with E-state index in [0.29, 0.717) is 22.3 Å². The second-order valence-electron chi connectivity index (χ2n) is 13.6. The molecule has 0 spiro atoms. The third-order valence-corrected chi connectivity index (χ3v) is 9.84. The number of nitriles is 1. The summed E-state index contributed by atoms with van der Waals surface area (Å²) in [5, 5.41) is 8.93. The van der Waals surface area contributed by atoms with Gasteiger partial charge in [0.15, 0.2) is 0 Å². The lowest BCUT2D eigenvalue weighted by atomic mass is 9.96. The minimum atomic E-state index is -0.731. The van der Waals surface area contributed by atoms with Crippen LogP contribution < -0.4 is 0 Å². The van der Waals surface area contributed by atoms with E-state index in [9.17, 15) is 17.6 Å². The molecule has 0 heterocycles. The van der Waals surface area contributed by atoms with Gasteiger partial charge < -0.3 is 0 Å². The molecule has 0 aliphatic carbocycles. The van der Waals surface area contributed by atoms with Gasteiger partial charge in [0.05, 0.1) is 12.1 Å². The second-order valence-corrected chi connectivity index (χ2v) is 13.6. The van der Waals surface area contributed by atoms with Gasteiger partial charge in [-0.25, -0.2) is 31.2 Å². The molecule has 0 N–H and O–H groups in total. The third kappa shape index (κ3) is 9.34. The number of nitrogens with zero attached hydrogens (tertiary/aromatic N) is 2. The highest BCUT2D eigenvalue weighted by molar-refractivity contribution is 5.74. The maximum atomic E-state index is 15.1. The van der Waals surface area contributed by atoms with Crippen molar-refractivity contribution in [3.63, 3.8) is 0 Å². The highest BCUT2D eigenvalue weighted by Gasteiger charge is 2.15. The van der Waals surface area contributed by atoms with Gasteiger partial charge in [-0.2, -0.15) is 5.26 Å². The first-order valence-corrected chi connectivity index (χ1v) is 18.2. The zero-order valence-corrected chi connectivity index (χ0v) is 29.9. The Labute approximate surface area is 317 Å². The Balaban J connectivity index is 0.906. The van der Waals surface area contributed by atoms with Crippen LogP contribution in [0, 0.1) is 52.8 Å². The largest absolute Gasteiger partial charge is 0.235 e. The summed E-state index contributed by atoms with van der Waals surface area (Å²) < 4.78 is 88.2. The summed E-state index contributed by atoms with van der Waals surface area (Å²) in [7, 11) is 0. The number of rotatable bonds is 14. The first-order valence-electron chi connectivity index (χ1n) is 18.2. The molecule has 0 saturated heterocycles. The maximum absolute atomic E-state index is 15.1. The molecule has 0 aliphatic heterocycles. The molecule has 6 rings (SSSR count). The third-order valence-electron chi connectivity index (χ3n) is 9.84. The average molecular weight is 743 g/mol. The van der Waals surface area contributed by atoms with Gasteiger partial charge in [-0.05, 0) is 102 Å². The van der Waals surface area contributed by atoms with Crippen molar-refractivity contribution in [1.29, 1.82) is 5.26 Å². The summed E-state index contributed by atoms with van der Waals surface area (Å²) in [6.07, 6.45) is 8.46. The van der Waals surface area contributed by atoms with Gasteiger partial charge in [0.25, 0.3) is 0 Å². The van der Waals surface area contributed by atoms with Crippen molar-refractivity contribution in [2.45, 2.75) is 57.8 Å². The van der Waals surface area contributed by atoms with E-state index < -0.39 is 34.9 Å². The molecular weight excluding hydrogens is 707 g/mol. The van der Waals surface area contributed by atoms with Gasteiger partial charge in [-0.3, -0.25) is 0 Å². The maximum Gasteiger partial charge on any atom is 0.222 e. The number of hydrogen-bond acceptors (Lipinski definition) is 1. The van der Waals surface area contributed by atoms with Crippen LogP contribution in [0.3, 0.4) is 0 Å². The van der Waals surface area contributed by atoms with Gasteiger partial charge in [0.1, 0.15) is 41.0 Å². The zero-order valence-electron chi connectivity index (χ0n) is 29.9. The SMILES string of the molecule is [C-]#[N+]c1ccc(-c2ccc(-c3ccc(CCCCCCCCCc4ccc(-c5ccc(-c6ccc(C#N)c(F)c6)c(F)c5)c(F)c4)cc3F)cc2F)cc1F. The first-order chi connectivity index (χ1) is 26.6. The van der Waals surface area contributed by atoms with E-state index in [0.717, 1.165) is 81.0 Å². The summed E-state index contributed by atoms with van der Waals surface area (Å²) >= 11 is 0. The first kappa shape index (κ1) is 38.6. The van der Waals surface area contributed by atoms with Crippen molar-refractivity contribution in [2.75, 3.05) is 0 Å². The number of benzene rings is 6. The molecule has 0 amide bonds. The van der Waals surface area contributed by atoms with E-state index in [-0.39, 0.29) is 33.5 Å². The van der Waals surface area contributed by atoms with Crippen LogP contribution in [-0.2, 0) is 12.8 Å². The van der Waals surface area contributed by atoms with E-state index in [1.807, 2.05) is 12.1 Å². The predicted octanol–water partition coefficient (Wildman–Crippen LogP) is 14.1. The van der Waals surface area contributed by atoms with Gasteiger partial charge in [0.2, 0.25) is 5.69 Å². The fourth-order valence-corrected chi connectivity index (χ4v) is 6.81. The zero-order chi connectivity index (χ0) is 38.9. The van der Waals surface area contributed by atoms with Crippen LogP contribution in [0.5, 0.6) is 0 Å². The van der Waals surface area contributed by atoms with Crippen LogP contribution in [0.1, 0.15) is 61.6 Å². The molecule has 0 radical (unpaired) electrons. The van der Waals surface area contributed by atoms with E-state index in [2.05, 4.69) is 4.85 Å². The van der Waals surface area contributed by atoms with Gasteiger partial charge in [-0.1, -0.05) is 98.8 Å². The average Bonchev–Trinajstić information content (AvgIpc) is 3.17. The Morgan fingerprint density at radius 3 is 1.16 bits per heavy atom. The van der Waals surface area contributed by atoms with Crippen LogP contribution in [0.25, 0.3) is 49.4 Å². The molecule has 0 atom stereocenters. The summed E-state index contributed by atoms with van der Waals surface area (Å²) in [4.78, 5) is 3.08. The fourth-order valence-electron chi connectivity index (χ4n) is 6.81. The molecule has 6 aromatic rings. The normalized spacial score (nSPS) is 11.0. The molecule has 55 heavy (non-hydrogen) atoms. The van der Waals surface area contributed by atoms with Crippen LogP contribution in [-0.4, -0.2) is 0 Å². The Kier molecular flexibility index (Phi) is 12.5. The molecule has 0 fully saturated rings. The number of hydrogen-bond donors (Lipinski definition) is 0. The lowest BCUT2D eigenvalue weighted by Crippen LogP contribution is -1.93. The summed E-state index contributed by atoms with van der Waals surface area (Å²) in [6.45, 7) is 6.97. The van der Waals surface area contributed by atoms with Gasteiger partial charge in [-0.15, -0.1) is 0 Å². The molecule has 0 aromatic heterocycles. The van der Waals surface area contributed by atoms with Crippen molar-refractivity contribution in [3.8, 4) is 50.6 Å². The van der Waals surface area contributed by atoms with E-state index in [4.69, 9.17) is 11.8 Å². The minimum absolute atomic E-state index is 0.124. The molecule has 6 aromatic carbocycles. The lowest BCUT2D eigenvalue weighted by Gasteiger charge is -2.10. The topological polar surface area (TPSA) is 28.1 Å². The Hall–Kier alpha value is -6.12. The van der Waals surface area contributed by atoms with Gasteiger partial charge >= 0.3 is 0 Å². The van der Waals surface area contributed by atoms with Crippen LogP contribution in [0.4, 0.5) is 32.0 Å². The predicted molar refractivity (Wildman–Crippen MR) is 205 cm³/mol. The van der Waals surface area contributed by atoms with Gasteiger partial charge in [0, 0.05) is 22.3 Å².